The van der Waals surface area contributed by atoms with Crippen molar-refractivity contribution in [3.8, 4) is 5.75 Å². The van der Waals surface area contributed by atoms with Gasteiger partial charge in [0.15, 0.2) is 5.54 Å². The molecule has 4 amide bonds. The van der Waals surface area contributed by atoms with E-state index in [4.69, 9.17) is 10.5 Å². The first kappa shape index (κ1) is 24.4. The minimum Gasteiger partial charge on any atom is -0.508 e. The summed E-state index contributed by atoms with van der Waals surface area (Å²) in [6.45, 7) is -0.0327. The molecular formula is C22H28N6O7. The van der Waals surface area contributed by atoms with Crippen molar-refractivity contribution < 1.29 is 33.8 Å². The van der Waals surface area contributed by atoms with Crippen LogP contribution >= 0.6 is 0 Å². The number of benzene rings is 1. The first-order valence-electron chi connectivity index (χ1n) is 11.1. The number of carbonyl (C=O) groups excluding carboxylic acids is 5. The molecule has 1 spiro atoms. The van der Waals surface area contributed by atoms with E-state index in [1.165, 1.54) is 19.2 Å². The summed E-state index contributed by atoms with van der Waals surface area (Å²) in [5.74, 6) is -2.69. The van der Waals surface area contributed by atoms with Crippen LogP contribution in [0.2, 0.25) is 0 Å². The van der Waals surface area contributed by atoms with E-state index in [2.05, 4.69) is 26.6 Å². The zero-order valence-corrected chi connectivity index (χ0v) is 19.1. The number of nitrogens with two attached hydrogens (primary N) is 1. The standard InChI is InChI=1S/C22H28N6O7/c1-35-20(34)22(7-14(16(23)30)24-10-22)28-18(32)15-8-21(9-25-15)19(33)26-13(17(31)27-21)6-11-2-4-12(29)5-3-11/h2-5,13-15,24-25,29H,6-10H2,1H3,(H2,23,30)(H,26,33)(H,27,31)(H,28,32)/t13-,14-,15-,21-,22-/m0/s1. The monoisotopic (exact) mass is 488 g/mol. The lowest BCUT2D eigenvalue weighted by atomic mass is 9.89. The van der Waals surface area contributed by atoms with Gasteiger partial charge >= 0.3 is 5.97 Å². The third kappa shape index (κ3) is 4.64. The largest absolute Gasteiger partial charge is 0.508 e. The lowest BCUT2D eigenvalue weighted by Gasteiger charge is -2.37. The SMILES string of the molecule is COC(=O)[C@@]1(NC(=O)[C@@H]2C[C@@]3(CN2)NC(=O)[C@H](Cc2ccc(O)cc2)NC3=O)CN[C@H](C(N)=O)C1. The summed E-state index contributed by atoms with van der Waals surface area (Å²) in [7, 11) is 1.17. The molecule has 3 heterocycles. The number of phenols is 1. The van der Waals surface area contributed by atoms with Crippen LogP contribution in [0, 0.1) is 0 Å². The average Bonchev–Trinajstić information content (AvgIpc) is 3.45. The smallest absolute Gasteiger partial charge is 0.332 e. The van der Waals surface area contributed by atoms with E-state index in [9.17, 15) is 29.1 Å². The van der Waals surface area contributed by atoms with Gasteiger partial charge < -0.3 is 42.2 Å². The Labute approximate surface area is 200 Å². The molecule has 0 saturated carbocycles. The molecule has 1 aromatic carbocycles. The first-order valence-corrected chi connectivity index (χ1v) is 11.1. The number of hydrogen-bond acceptors (Lipinski definition) is 9. The molecule has 13 heteroatoms. The van der Waals surface area contributed by atoms with Crippen molar-refractivity contribution in [3.05, 3.63) is 29.8 Å². The molecule has 35 heavy (non-hydrogen) atoms. The second kappa shape index (κ2) is 9.15. The molecule has 3 fully saturated rings. The highest BCUT2D eigenvalue weighted by atomic mass is 16.5. The van der Waals surface area contributed by atoms with E-state index >= 15 is 0 Å². The van der Waals surface area contributed by atoms with E-state index in [-0.39, 0.29) is 38.1 Å². The number of primary amides is 1. The van der Waals surface area contributed by atoms with Gasteiger partial charge in [0.2, 0.25) is 23.6 Å². The Morgan fingerprint density at radius 2 is 1.80 bits per heavy atom. The highest BCUT2D eigenvalue weighted by Crippen LogP contribution is 2.26. The normalized spacial score (nSPS) is 32.1. The van der Waals surface area contributed by atoms with Gasteiger partial charge in [0.25, 0.3) is 0 Å². The van der Waals surface area contributed by atoms with Gasteiger partial charge in [0.05, 0.1) is 19.2 Å². The fraction of sp³-hybridized carbons (Fsp3) is 0.500. The van der Waals surface area contributed by atoms with Crippen molar-refractivity contribution in [3.63, 3.8) is 0 Å². The molecule has 3 saturated heterocycles. The van der Waals surface area contributed by atoms with E-state index in [1.54, 1.807) is 12.1 Å². The van der Waals surface area contributed by atoms with Gasteiger partial charge in [-0.1, -0.05) is 12.1 Å². The van der Waals surface area contributed by atoms with E-state index in [0.717, 1.165) is 5.56 Å². The number of carbonyl (C=O) groups is 5. The van der Waals surface area contributed by atoms with E-state index in [0.29, 0.717) is 0 Å². The van der Waals surface area contributed by atoms with Gasteiger partial charge in [-0.05, 0) is 17.7 Å². The van der Waals surface area contributed by atoms with Crippen LogP contribution in [-0.2, 0) is 35.1 Å². The number of aromatic hydroxyl groups is 1. The summed E-state index contributed by atoms with van der Waals surface area (Å²) in [4.78, 5) is 62.9. The highest BCUT2D eigenvalue weighted by molar-refractivity contribution is 6.01. The van der Waals surface area contributed by atoms with Crippen LogP contribution in [0.5, 0.6) is 5.75 Å². The number of amides is 4. The molecule has 0 aliphatic carbocycles. The Hall–Kier alpha value is -3.71. The van der Waals surface area contributed by atoms with Crippen LogP contribution in [0.3, 0.4) is 0 Å². The maximum atomic E-state index is 13.1. The number of phenolic OH excluding ortho intramolecular Hbond substituents is 1. The molecule has 0 bridgehead atoms. The van der Waals surface area contributed by atoms with Crippen molar-refractivity contribution in [2.75, 3.05) is 20.2 Å². The minimum absolute atomic E-state index is 0.0158. The lowest BCUT2D eigenvalue weighted by Crippen LogP contribution is -2.70. The molecule has 4 rings (SSSR count). The Morgan fingerprint density at radius 3 is 2.43 bits per heavy atom. The molecule has 8 N–H and O–H groups in total. The van der Waals surface area contributed by atoms with Crippen LogP contribution < -0.4 is 32.3 Å². The summed E-state index contributed by atoms with van der Waals surface area (Å²) in [6.07, 6.45) is 0.127. The fourth-order valence-electron chi connectivity index (χ4n) is 4.81. The number of hydrogen-bond donors (Lipinski definition) is 7. The molecule has 5 atom stereocenters. The Morgan fingerprint density at radius 1 is 1.11 bits per heavy atom. The van der Waals surface area contributed by atoms with Crippen molar-refractivity contribution in [2.24, 2.45) is 5.73 Å². The second-order valence-electron chi connectivity index (χ2n) is 9.21. The van der Waals surface area contributed by atoms with Gasteiger partial charge in [-0.3, -0.25) is 19.2 Å². The van der Waals surface area contributed by atoms with Crippen LogP contribution in [0.1, 0.15) is 18.4 Å². The fourth-order valence-corrected chi connectivity index (χ4v) is 4.81. The van der Waals surface area contributed by atoms with Crippen molar-refractivity contribution in [2.45, 2.75) is 48.5 Å². The van der Waals surface area contributed by atoms with Gasteiger partial charge in [-0.2, -0.15) is 0 Å². The summed E-state index contributed by atoms with van der Waals surface area (Å²) < 4.78 is 4.84. The molecular weight excluding hydrogens is 460 g/mol. The van der Waals surface area contributed by atoms with E-state index in [1.807, 2.05) is 0 Å². The van der Waals surface area contributed by atoms with Gasteiger partial charge in [-0.25, -0.2) is 4.79 Å². The second-order valence-corrected chi connectivity index (χ2v) is 9.21. The van der Waals surface area contributed by atoms with Crippen LogP contribution in [0.15, 0.2) is 24.3 Å². The number of nitrogens with one attached hydrogen (secondary N) is 5. The molecule has 3 aliphatic heterocycles. The topological polar surface area (TPSA) is 201 Å². The molecule has 13 nitrogen and oxygen atoms in total. The molecule has 3 aliphatic rings. The molecule has 0 aromatic heterocycles. The predicted octanol–water partition coefficient (Wildman–Crippen LogP) is -3.47. The Kier molecular flexibility index (Phi) is 6.38. The summed E-state index contributed by atoms with van der Waals surface area (Å²) in [6, 6.07) is 3.81. The summed E-state index contributed by atoms with van der Waals surface area (Å²) in [5, 5.41) is 23.3. The average molecular weight is 489 g/mol. The van der Waals surface area contributed by atoms with Crippen molar-refractivity contribution in [1.82, 2.24) is 26.6 Å². The minimum atomic E-state index is -1.49. The number of piperazine rings is 1. The van der Waals surface area contributed by atoms with Gasteiger partial charge in [0.1, 0.15) is 17.3 Å². The molecule has 1 aromatic rings. The number of ether oxygens (including phenoxy) is 1. The molecule has 188 valence electrons. The molecule has 0 radical (unpaired) electrons. The van der Waals surface area contributed by atoms with Crippen molar-refractivity contribution >= 4 is 29.6 Å². The quantitative estimate of drug-likeness (QED) is 0.199. The Balaban J connectivity index is 1.41. The van der Waals surface area contributed by atoms with Crippen molar-refractivity contribution in [1.29, 1.82) is 0 Å². The number of methoxy groups -OCH3 is 1. The summed E-state index contributed by atoms with van der Waals surface area (Å²) in [5.41, 5.74) is 3.27. The zero-order valence-electron chi connectivity index (χ0n) is 19.1. The Bertz CT molecular complexity index is 1060. The number of rotatable bonds is 6. The van der Waals surface area contributed by atoms with Crippen LogP contribution in [0.25, 0.3) is 0 Å². The summed E-state index contributed by atoms with van der Waals surface area (Å²) >= 11 is 0. The van der Waals surface area contributed by atoms with Crippen LogP contribution in [0.4, 0.5) is 0 Å². The third-order valence-electron chi connectivity index (χ3n) is 6.80. The first-order chi connectivity index (χ1) is 16.6. The number of esters is 1. The lowest BCUT2D eigenvalue weighted by molar-refractivity contribution is -0.150. The predicted molar refractivity (Wildman–Crippen MR) is 120 cm³/mol. The third-order valence-corrected chi connectivity index (χ3v) is 6.80. The van der Waals surface area contributed by atoms with E-state index < -0.39 is 58.8 Å². The molecule has 0 unspecified atom stereocenters. The van der Waals surface area contributed by atoms with Gasteiger partial charge in [-0.15, -0.1) is 0 Å². The maximum absolute atomic E-state index is 13.1. The maximum Gasteiger partial charge on any atom is 0.332 e. The van der Waals surface area contributed by atoms with Crippen LogP contribution in [-0.4, -0.2) is 84.1 Å². The van der Waals surface area contributed by atoms with Gasteiger partial charge in [0, 0.05) is 32.4 Å². The zero-order chi connectivity index (χ0) is 25.4. The highest BCUT2D eigenvalue weighted by Gasteiger charge is 2.55.